The van der Waals surface area contributed by atoms with Crippen LogP contribution in [0.2, 0.25) is 0 Å². The number of hydrogen-bond donors (Lipinski definition) is 1. The van der Waals surface area contributed by atoms with Crippen molar-refractivity contribution in [1.29, 1.82) is 0 Å². The summed E-state index contributed by atoms with van der Waals surface area (Å²) in [6, 6.07) is 4.78. The standard InChI is InChI=1S/C16H24N2O4S/c1-2-18-8-3-5-13(12-18)17-23(19,20)14-6-7-15-16(11-14)22-10-4-9-21-15/h6-7,11,13,17H,2-5,8-10,12H2,1H3. The van der Waals surface area contributed by atoms with Gasteiger partial charge in [-0.05, 0) is 38.1 Å². The minimum atomic E-state index is -3.55. The van der Waals surface area contributed by atoms with Crippen molar-refractivity contribution in [3.8, 4) is 11.5 Å². The van der Waals surface area contributed by atoms with E-state index in [1.54, 1.807) is 18.2 Å². The summed E-state index contributed by atoms with van der Waals surface area (Å²) in [6.45, 7) is 5.98. The Kier molecular flexibility index (Phi) is 5.08. The van der Waals surface area contributed by atoms with Crippen molar-refractivity contribution in [2.75, 3.05) is 32.8 Å². The van der Waals surface area contributed by atoms with E-state index in [0.29, 0.717) is 24.7 Å². The first-order chi connectivity index (χ1) is 11.1. The molecular formula is C16H24N2O4S. The van der Waals surface area contributed by atoms with Gasteiger partial charge in [0.25, 0.3) is 0 Å². The number of piperidine rings is 1. The fraction of sp³-hybridized carbons (Fsp3) is 0.625. The van der Waals surface area contributed by atoms with E-state index in [-0.39, 0.29) is 10.9 Å². The van der Waals surface area contributed by atoms with Crippen molar-refractivity contribution in [1.82, 2.24) is 9.62 Å². The molecule has 0 saturated carbocycles. The van der Waals surface area contributed by atoms with Crippen LogP contribution in [0.5, 0.6) is 11.5 Å². The maximum absolute atomic E-state index is 12.6. The number of nitrogens with zero attached hydrogens (tertiary/aromatic N) is 1. The molecule has 128 valence electrons. The van der Waals surface area contributed by atoms with Crippen LogP contribution in [0.3, 0.4) is 0 Å². The van der Waals surface area contributed by atoms with Gasteiger partial charge in [0.05, 0.1) is 18.1 Å². The molecule has 1 saturated heterocycles. The van der Waals surface area contributed by atoms with Crippen LogP contribution in [0.25, 0.3) is 0 Å². The van der Waals surface area contributed by atoms with Crippen molar-refractivity contribution in [2.45, 2.75) is 37.1 Å². The molecule has 0 aromatic heterocycles. The van der Waals surface area contributed by atoms with Gasteiger partial charge < -0.3 is 14.4 Å². The highest BCUT2D eigenvalue weighted by Gasteiger charge is 2.25. The topological polar surface area (TPSA) is 67.9 Å². The molecule has 1 unspecified atom stereocenters. The number of nitrogens with one attached hydrogen (secondary N) is 1. The van der Waals surface area contributed by atoms with Gasteiger partial charge in [-0.3, -0.25) is 0 Å². The smallest absolute Gasteiger partial charge is 0.241 e. The molecular weight excluding hydrogens is 316 g/mol. The number of likely N-dealkylation sites (tertiary alicyclic amines) is 1. The van der Waals surface area contributed by atoms with Crippen LogP contribution in [0.1, 0.15) is 26.2 Å². The average molecular weight is 340 g/mol. The fourth-order valence-corrected chi connectivity index (χ4v) is 4.31. The Balaban J connectivity index is 1.75. The predicted octanol–water partition coefficient (Wildman–Crippen LogP) is 1.61. The molecule has 23 heavy (non-hydrogen) atoms. The van der Waals surface area contributed by atoms with E-state index in [4.69, 9.17) is 9.47 Å². The van der Waals surface area contributed by atoms with E-state index in [2.05, 4.69) is 16.5 Å². The molecule has 1 aromatic carbocycles. The SMILES string of the molecule is CCN1CCCC(NS(=O)(=O)c2ccc3c(c2)OCCCO3)C1. The van der Waals surface area contributed by atoms with Crippen LogP contribution in [-0.2, 0) is 10.0 Å². The lowest BCUT2D eigenvalue weighted by Gasteiger charge is -2.32. The first-order valence-electron chi connectivity index (χ1n) is 8.23. The Morgan fingerprint density at radius 1 is 1.22 bits per heavy atom. The van der Waals surface area contributed by atoms with E-state index < -0.39 is 10.0 Å². The van der Waals surface area contributed by atoms with Gasteiger partial charge in [-0.2, -0.15) is 0 Å². The Morgan fingerprint density at radius 2 is 2.00 bits per heavy atom. The Labute approximate surface area is 137 Å². The molecule has 0 amide bonds. The van der Waals surface area contributed by atoms with Crippen molar-refractivity contribution >= 4 is 10.0 Å². The molecule has 0 aliphatic carbocycles. The van der Waals surface area contributed by atoms with Gasteiger partial charge in [-0.1, -0.05) is 6.92 Å². The second kappa shape index (κ2) is 7.07. The quantitative estimate of drug-likeness (QED) is 0.902. The molecule has 1 aromatic rings. The normalized spacial score (nSPS) is 22.6. The maximum atomic E-state index is 12.6. The average Bonchev–Trinajstić information content (AvgIpc) is 2.79. The van der Waals surface area contributed by atoms with Crippen LogP contribution in [0.15, 0.2) is 23.1 Å². The Morgan fingerprint density at radius 3 is 2.78 bits per heavy atom. The maximum Gasteiger partial charge on any atom is 0.241 e. The molecule has 0 bridgehead atoms. The van der Waals surface area contributed by atoms with Crippen molar-refractivity contribution in [3.05, 3.63) is 18.2 Å². The molecule has 0 radical (unpaired) electrons. The summed E-state index contributed by atoms with van der Waals surface area (Å²) in [5, 5.41) is 0. The molecule has 2 heterocycles. The van der Waals surface area contributed by atoms with Crippen molar-refractivity contribution < 1.29 is 17.9 Å². The van der Waals surface area contributed by atoms with E-state index in [0.717, 1.165) is 38.9 Å². The van der Waals surface area contributed by atoms with Gasteiger partial charge in [-0.25, -0.2) is 13.1 Å². The monoisotopic (exact) mass is 340 g/mol. The summed E-state index contributed by atoms with van der Waals surface area (Å²) in [4.78, 5) is 2.50. The number of sulfonamides is 1. The molecule has 1 fully saturated rings. The Bertz CT molecular complexity index is 647. The minimum Gasteiger partial charge on any atom is -0.490 e. The number of fused-ring (bicyclic) bond motifs is 1. The van der Waals surface area contributed by atoms with Gasteiger partial charge in [0.15, 0.2) is 11.5 Å². The number of ether oxygens (including phenoxy) is 2. The zero-order valence-electron chi connectivity index (χ0n) is 13.5. The fourth-order valence-electron chi connectivity index (χ4n) is 3.04. The van der Waals surface area contributed by atoms with Gasteiger partial charge in [0.1, 0.15) is 0 Å². The molecule has 7 heteroatoms. The highest BCUT2D eigenvalue weighted by atomic mass is 32.2. The van der Waals surface area contributed by atoms with Gasteiger partial charge >= 0.3 is 0 Å². The van der Waals surface area contributed by atoms with Crippen LogP contribution in [0.4, 0.5) is 0 Å². The molecule has 1 atom stereocenters. The van der Waals surface area contributed by atoms with E-state index in [1.807, 2.05) is 0 Å². The summed E-state index contributed by atoms with van der Waals surface area (Å²) < 4.78 is 39.2. The van der Waals surface area contributed by atoms with E-state index >= 15 is 0 Å². The van der Waals surface area contributed by atoms with Gasteiger partial charge in [0.2, 0.25) is 10.0 Å². The lowest BCUT2D eigenvalue weighted by molar-refractivity contribution is 0.211. The van der Waals surface area contributed by atoms with Gasteiger partial charge in [-0.15, -0.1) is 0 Å². The summed E-state index contributed by atoms with van der Waals surface area (Å²) in [7, 11) is -3.55. The number of likely N-dealkylation sites (N-methyl/N-ethyl adjacent to an activating group) is 1. The molecule has 2 aliphatic heterocycles. The molecule has 0 spiro atoms. The second-order valence-corrected chi connectivity index (χ2v) is 7.73. The highest BCUT2D eigenvalue weighted by molar-refractivity contribution is 7.89. The largest absolute Gasteiger partial charge is 0.490 e. The lowest BCUT2D eigenvalue weighted by Crippen LogP contribution is -2.47. The van der Waals surface area contributed by atoms with Gasteiger partial charge in [0, 0.05) is 25.1 Å². The summed E-state index contributed by atoms with van der Waals surface area (Å²) in [5.41, 5.74) is 0. The predicted molar refractivity (Wildman–Crippen MR) is 87.5 cm³/mol. The van der Waals surface area contributed by atoms with Crippen LogP contribution in [-0.4, -0.2) is 52.2 Å². The number of benzene rings is 1. The van der Waals surface area contributed by atoms with Crippen molar-refractivity contribution in [2.24, 2.45) is 0 Å². The highest BCUT2D eigenvalue weighted by Crippen LogP contribution is 2.32. The number of rotatable bonds is 4. The van der Waals surface area contributed by atoms with Crippen LogP contribution < -0.4 is 14.2 Å². The zero-order valence-corrected chi connectivity index (χ0v) is 14.3. The summed E-state index contributed by atoms with van der Waals surface area (Å²) in [6.07, 6.45) is 2.69. The molecule has 3 rings (SSSR count). The second-order valence-electron chi connectivity index (χ2n) is 6.01. The third-order valence-corrected chi connectivity index (χ3v) is 5.82. The Hall–Kier alpha value is -1.31. The van der Waals surface area contributed by atoms with Crippen LogP contribution in [0, 0.1) is 0 Å². The van der Waals surface area contributed by atoms with E-state index in [9.17, 15) is 8.42 Å². The molecule has 1 N–H and O–H groups in total. The zero-order chi connectivity index (χ0) is 16.3. The lowest BCUT2D eigenvalue weighted by atomic mass is 10.1. The molecule has 6 nitrogen and oxygen atoms in total. The third kappa shape index (κ3) is 3.97. The van der Waals surface area contributed by atoms with E-state index in [1.165, 1.54) is 0 Å². The summed E-state index contributed by atoms with van der Waals surface area (Å²) >= 11 is 0. The summed E-state index contributed by atoms with van der Waals surface area (Å²) in [5.74, 6) is 1.11. The first kappa shape index (κ1) is 16.5. The van der Waals surface area contributed by atoms with Crippen molar-refractivity contribution in [3.63, 3.8) is 0 Å². The molecule has 2 aliphatic rings. The van der Waals surface area contributed by atoms with Crippen LogP contribution >= 0.6 is 0 Å². The minimum absolute atomic E-state index is 0.0373. The first-order valence-corrected chi connectivity index (χ1v) is 9.71. The third-order valence-electron chi connectivity index (χ3n) is 4.30. The number of hydrogen-bond acceptors (Lipinski definition) is 5.